The largest absolute Gasteiger partial charge is 0.360 e. The molecule has 2 aromatic heterocycles. The molecule has 0 saturated heterocycles. The van der Waals surface area contributed by atoms with E-state index in [0.29, 0.717) is 17.3 Å². The molecule has 0 atom stereocenters. The zero-order chi connectivity index (χ0) is 10.7. The minimum Gasteiger partial charge on any atom is -0.360 e. The predicted octanol–water partition coefficient (Wildman–Crippen LogP) is 2.40. The molecule has 72 valence electrons. The summed E-state index contributed by atoms with van der Waals surface area (Å²) in [5.74, 6) is 0.947. The van der Waals surface area contributed by atoms with E-state index >= 15 is 0 Å². The van der Waals surface area contributed by atoms with Crippen LogP contribution in [0.25, 0.3) is 16.4 Å². The molecule has 0 amide bonds. The quantitative estimate of drug-likeness (QED) is 0.658. The first-order valence-electron chi connectivity index (χ1n) is 4.44. The van der Waals surface area contributed by atoms with Crippen LogP contribution >= 0.6 is 0 Å². The van der Waals surface area contributed by atoms with Gasteiger partial charge in [-0.25, -0.2) is 9.97 Å². The Morgan fingerprint density at radius 1 is 1.20 bits per heavy atom. The lowest BCUT2D eigenvalue weighted by Gasteiger charge is -1.98. The van der Waals surface area contributed by atoms with E-state index in [4.69, 9.17) is 6.57 Å². The zero-order valence-electron chi connectivity index (χ0n) is 8.18. The van der Waals surface area contributed by atoms with Crippen LogP contribution in [0.2, 0.25) is 0 Å². The monoisotopic (exact) mass is 196 g/mol. The number of aryl methyl sites for hydroxylation is 1. The van der Waals surface area contributed by atoms with E-state index in [0.717, 1.165) is 5.56 Å². The van der Waals surface area contributed by atoms with Crippen molar-refractivity contribution < 1.29 is 0 Å². The Morgan fingerprint density at radius 3 is 2.60 bits per heavy atom. The van der Waals surface area contributed by atoms with Crippen LogP contribution in [0.5, 0.6) is 0 Å². The number of rotatable bonds is 1. The van der Waals surface area contributed by atoms with Gasteiger partial charge >= 0.3 is 0 Å². The van der Waals surface area contributed by atoms with Gasteiger partial charge in [0.15, 0.2) is 5.69 Å². The van der Waals surface area contributed by atoms with Crippen LogP contribution in [0.4, 0.5) is 5.82 Å². The normalized spacial score (nSPS) is 9.60. The van der Waals surface area contributed by atoms with E-state index in [9.17, 15) is 0 Å². The average Bonchev–Trinajstić information content (AvgIpc) is 2.31. The van der Waals surface area contributed by atoms with Gasteiger partial charge in [0.25, 0.3) is 5.82 Å². The second-order valence-corrected chi connectivity index (χ2v) is 3.02. The van der Waals surface area contributed by atoms with Gasteiger partial charge in [0, 0.05) is 12.4 Å². The molecule has 0 spiro atoms. The molecule has 0 aliphatic heterocycles. The number of nitrogens with zero attached hydrogens (tertiary/aromatic N) is 4. The molecule has 0 radical (unpaired) electrons. The van der Waals surface area contributed by atoms with Crippen molar-refractivity contribution in [3.05, 3.63) is 47.6 Å². The van der Waals surface area contributed by atoms with Gasteiger partial charge in [0.2, 0.25) is 5.82 Å². The Kier molecular flexibility index (Phi) is 2.38. The van der Waals surface area contributed by atoms with Crippen molar-refractivity contribution in [1.82, 2.24) is 15.0 Å². The maximum atomic E-state index is 6.97. The fourth-order valence-corrected chi connectivity index (χ4v) is 1.19. The van der Waals surface area contributed by atoms with Crippen molar-refractivity contribution >= 4 is 5.82 Å². The molecule has 0 saturated carbocycles. The molecule has 2 heterocycles. The lowest BCUT2D eigenvalue weighted by molar-refractivity contribution is 1.14. The van der Waals surface area contributed by atoms with Crippen LogP contribution in [0, 0.1) is 13.5 Å². The summed E-state index contributed by atoms with van der Waals surface area (Å²) < 4.78 is 0. The molecule has 4 heteroatoms. The molecular weight excluding hydrogens is 188 g/mol. The molecule has 4 nitrogen and oxygen atoms in total. The fourth-order valence-electron chi connectivity index (χ4n) is 1.19. The molecule has 0 aliphatic rings. The molecule has 2 rings (SSSR count). The first-order chi connectivity index (χ1) is 7.31. The minimum atomic E-state index is 0.403. The summed E-state index contributed by atoms with van der Waals surface area (Å²) in [6.45, 7) is 8.82. The van der Waals surface area contributed by atoms with E-state index in [1.165, 1.54) is 0 Å². The minimum absolute atomic E-state index is 0.403. The standard InChI is InChI=1S/C11H8N4/c1-8-4-5-9(15-10(8)12-2)11-13-6-3-7-14-11/h3-7H,1H3. The second kappa shape index (κ2) is 3.84. The molecule has 0 bridgehead atoms. The third-order valence-corrected chi connectivity index (χ3v) is 1.97. The van der Waals surface area contributed by atoms with Gasteiger partial charge in [-0.05, 0) is 24.6 Å². The lowest BCUT2D eigenvalue weighted by atomic mass is 10.2. The first-order valence-corrected chi connectivity index (χ1v) is 4.44. The van der Waals surface area contributed by atoms with Gasteiger partial charge in [0.1, 0.15) is 0 Å². The van der Waals surface area contributed by atoms with Crippen molar-refractivity contribution in [3.8, 4) is 11.5 Å². The van der Waals surface area contributed by atoms with E-state index in [2.05, 4.69) is 19.8 Å². The second-order valence-electron chi connectivity index (χ2n) is 3.02. The lowest BCUT2D eigenvalue weighted by Crippen LogP contribution is -1.90. The molecule has 0 N–H and O–H groups in total. The molecule has 0 aliphatic carbocycles. The summed E-state index contributed by atoms with van der Waals surface area (Å²) in [7, 11) is 0. The van der Waals surface area contributed by atoms with Crippen LogP contribution in [0.15, 0.2) is 30.6 Å². The van der Waals surface area contributed by atoms with Crippen molar-refractivity contribution in [2.75, 3.05) is 0 Å². The van der Waals surface area contributed by atoms with E-state index in [1.807, 2.05) is 19.1 Å². The number of hydrogen-bond donors (Lipinski definition) is 0. The number of pyridine rings is 1. The van der Waals surface area contributed by atoms with Gasteiger partial charge in [-0.1, -0.05) is 12.6 Å². The molecule has 0 unspecified atom stereocenters. The van der Waals surface area contributed by atoms with Gasteiger partial charge in [-0.3, -0.25) is 0 Å². The molecule has 0 aromatic carbocycles. The Balaban J connectivity index is 2.52. The van der Waals surface area contributed by atoms with Crippen molar-refractivity contribution in [2.24, 2.45) is 0 Å². The summed E-state index contributed by atoms with van der Waals surface area (Å²) in [6.07, 6.45) is 3.31. The molecular formula is C11H8N4. The summed E-state index contributed by atoms with van der Waals surface area (Å²) >= 11 is 0. The fraction of sp³-hybridized carbons (Fsp3) is 0.0909. The highest BCUT2D eigenvalue weighted by Crippen LogP contribution is 2.19. The predicted molar refractivity (Wildman–Crippen MR) is 56.3 cm³/mol. The maximum Gasteiger partial charge on any atom is 0.273 e. The topological polar surface area (TPSA) is 43.0 Å². The Labute approximate surface area is 87.5 Å². The summed E-state index contributed by atoms with van der Waals surface area (Å²) in [5.41, 5.74) is 1.50. The summed E-state index contributed by atoms with van der Waals surface area (Å²) in [4.78, 5) is 15.7. The number of hydrogen-bond acceptors (Lipinski definition) is 3. The highest BCUT2D eigenvalue weighted by molar-refractivity contribution is 5.56. The van der Waals surface area contributed by atoms with Gasteiger partial charge in [0.05, 0.1) is 0 Å². The van der Waals surface area contributed by atoms with E-state index in [-0.39, 0.29) is 0 Å². The van der Waals surface area contributed by atoms with Gasteiger partial charge in [-0.2, -0.15) is 0 Å². The Bertz CT molecular complexity index is 514. The zero-order valence-corrected chi connectivity index (χ0v) is 8.18. The van der Waals surface area contributed by atoms with Crippen molar-refractivity contribution in [2.45, 2.75) is 6.92 Å². The van der Waals surface area contributed by atoms with Crippen LogP contribution in [0.3, 0.4) is 0 Å². The summed E-state index contributed by atoms with van der Waals surface area (Å²) in [5, 5.41) is 0. The number of aromatic nitrogens is 3. The van der Waals surface area contributed by atoms with E-state index in [1.54, 1.807) is 18.5 Å². The summed E-state index contributed by atoms with van der Waals surface area (Å²) in [6, 6.07) is 5.42. The Morgan fingerprint density at radius 2 is 1.93 bits per heavy atom. The average molecular weight is 196 g/mol. The maximum absolute atomic E-state index is 6.97. The third kappa shape index (κ3) is 1.81. The van der Waals surface area contributed by atoms with Crippen LogP contribution < -0.4 is 0 Å². The molecule has 15 heavy (non-hydrogen) atoms. The third-order valence-electron chi connectivity index (χ3n) is 1.97. The van der Waals surface area contributed by atoms with Crippen LogP contribution in [-0.2, 0) is 0 Å². The van der Waals surface area contributed by atoms with Crippen molar-refractivity contribution in [1.29, 1.82) is 0 Å². The van der Waals surface area contributed by atoms with Gasteiger partial charge < -0.3 is 4.85 Å². The molecule has 0 fully saturated rings. The Hall–Kier alpha value is -2.28. The highest BCUT2D eigenvalue weighted by Gasteiger charge is 2.08. The first kappa shape index (κ1) is 9.28. The van der Waals surface area contributed by atoms with Crippen molar-refractivity contribution in [3.63, 3.8) is 0 Å². The van der Waals surface area contributed by atoms with Crippen LogP contribution in [-0.4, -0.2) is 15.0 Å². The van der Waals surface area contributed by atoms with Crippen LogP contribution in [0.1, 0.15) is 5.56 Å². The highest BCUT2D eigenvalue weighted by atomic mass is 14.9. The van der Waals surface area contributed by atoms with E-state index < -0.39 is 0 Å². The molecule has 2 aromatic rings. The van der Waals surface area contributed by atoms with Gasteiger partial charge in [-0.15, -0.1) is 4.98 Å². The smallest absolute Gasteiger partial charge is 0.273 e. The SMILES string of the molecule is [C-]#[N+]c1nc(-c2ncccn2)ccc1C.